The molecule has 0 spiro atoms. The van der Waals surface area contributed by atoms with Crippen LogP contribution in [0.4, 0.5) is 4.79 Å². The van der Waals surface area contributed by atoms with Gasteiger partial charge in [-0.05, 0) is 33.6 Å². The number of alkyl carbamates (subject to hydrolysis) is 1. The smallest absolute Gasteiger partial charge is 0.407 e. The largest absolute Gasteiger partial charge is 0.444 e. The Balaban J connectivity index is 2.10. The molecule has 112 valence electrons. The maximum absolute atomic E-state index is 11.4. The van der Waals surface area contributed by atoms with Crippen molar-refractivity contribution in [2.75, 3.05) is 24.6 Å². The van der Waals surface area contributed by atoms with Crippen LogP contribution in [0.25, 0.3) is 0 Å². The number of rotatable bonds is 4. The standard InChI is InChI=1S/C12H24N2O4S/c1-12(2,3)18-11(15)14-7-6-13-10-4-8-19(16,17)9-5-10/h10,13H,4-9H2,1-3H3,(H,14,15). The minimum atomic E-state index is -2.81. The summed E-state index contributed by atoms with van der Waals surface area (Å²) in [5.74, 6) is 0.508. The number of ether oxygens (including phenoxy) is 1. The first-order valence-electron chi connectivity index (χ1n) is 6.59. The molecule has 1 aliphatic heterocycles. The highest BCUT2D eigenvalue weighted by Crippen LogP contribution is 2.11. The van der Waals surface area contributed by atoms with Crippen molar-refractivity contribution in [1.29, 1.82) is 0 Å². The molecular formula is C12H24N2O4S. The van der Waals surface area contributed by atoms with Crippen molar-refractivity contribution in [1.82, 2.24) is 10.6 Å². The molecule has 19 heavy (non-hydrogen) atoms. The summed E-state index contributed by atoms with van der Waals surface area (Å²) in [4.78, 5) is 11.4. The van der Waals surface area contributed by atoms with E-state index in [4.69, 9.17) is 4.74 Å². The molecule has 0 bridgehead atoms. The van der Waals surface area contributed by atoms with Gasteiger partial charge in [0.05, 0.1) is 11.5 Å². The van der Waals surface area contributed by atoms with Crippen molar-refractivity contribution in [3.63, 3.8) is 0 Å². The third-order valence-electron chi connectivity index (χ3n) is 2.78. The fraction of sp³-hybridized carbons (Fsp3) is 0.917. The molecule has 0 radical (unpaired) electrons. The third-order valence-corrected chi connectivity index (χ3v) is 4.50. The van der Waals surface area contributed by atoms with Crippen molar-refractivity contribution in [2.24, 2.45) is 0 Å². The predicted molar refractivity (Wildman–Crippen MR) is 73.9 cm³/mol. The highest BCUT2D eigenvalue weighted by Gasteiger charge is 2.23. The van der Waals surface area contributed by atoms with Gasteiger partial charge in [0.1, 0.15) is 15.4 Å². The minimum Gasteiger partial charge on any atom is -0.444 e. The SMILES string of the molecule is CC(C)(C)OC(=O)NCCNC1CCS(=O)(=O)CC1. The molecule has 7 heteroatoms. The second-order valence-electron chi connectivity index (χ2n) is 5.81. The van der Waals surface area contributed by atoms with Gasteiger partial charge >= 0.3 is 6.09 Å². The second kappa shape index (κ2) is 6.56. The van der Waals surface area contributed by atoms with E-state index in [0.29, 0.717) is 25.9 Å². The Labute approximate surface area is 115 Å². The first-order valence-corrected chi connectivity index (χ1v) is 8.41. The molecule has 0 unspecified atom stereocenters. The summed E-state index contributed by atoms with van der Waals surface area (Å²) in [7, 11) is -2.81. The number of hydrogen-bond donors (Lipinski definition) is 2. The monoisotopic (exact) mass is 292 g/mol. The van der Waals surface area contributed by atoms with Crippen LogP contribution in [-0.4, -0.2) is 50.7 Å². The normalized spacial score (nSPS) is 19.9. The molecule has 1 heterocycles. The lowest BCUT2D eigenvalue weighted by Crippen LogP contribution is -2.42. The van der Waals surface area contributed by atoms with Gasteiger partial charge in [-0.3, -0.25) is 0 Å². The lowest BCUT2D eigenvalue weighted by molar-refractivity contribution is 0.0528. The van der Waals surface area contributed by atoms with Gasteiger partial charge in [-0.25, -0.2) is 13.2 Å². The van der Waals surface area contributed by atoms with E-state index in [9.17, 15) is 13.2 Å². The molecule has 1 rings (SSSR count). The van der Waals surface area contributed by atoms with E-state index in [2.05, 4.69) is 10.6 Å². The number of hydrogen-bond acceptors (Lipinski definition) is 5. The van der Waals surface area contributed by atoms with Crippen LogP contribution in [0.5, 0.6) is 0 Å². The maximum Gasteiger partial charge on any atom is 0.407 e. The summed E-state index contributed by atoms with van der Waals surface area (Å²) in [6.45, 7) is 6.52. The van der Waals surface area contributed by atoms with Gasteiger partial charge in [0.2, 0.25) is 0 Å². The van der Waals surface area contributed by atoms with Gasteiger partial charge in [-0.15, -0.1) is 0 Å². The molecule has 0 aromatic heterocycles. The molecule has 0 atom stereocenters. The first-order chi connectivity index (χ1) is 8.68. The Hall–Kier alpha value is -0.820. The third kappa shape index (κ3) is 7.37. The van der Waals surface area contributed by atoms with Crippen LogP contribution in [0.3, 0.4) is 0 Å². The molecule has 2 N–H and O–H groups in total. The Morgan fingerprint density at radius 1 is 1.21 bits per heavy atom. The van der Waals surface area contributed by atoms with Crippen LogP contribution >= 0.6 is 0 Å². The van der Waals surface area contributed by atoms with Crippen molar-refractivity contribution in [3.8, 4) is 0 Å². The molecule has 1 saturated heterocycles. The molecule has 1 amide bonds. The predicted octanol–water partition coefficient (Wildman–Crippen LogP) is 0.678. The average molecular weight is 292 g/mol. The van der Waals surface area contributed by atoms with Crippen LogP contribution in [0.1, 0.15) is 33.6 Å². The van der Waals surface area contributed by atoms with Gasteiger partial charge in [0.25, 0.3) is 0 Å². The number of amides is 1. The molecule has 0 saturated carbocycles. The van der Waals surface area contributed by atoms with Crippen LogP contribution in [-0.2, 0) is 14.6 Å². The summed E-state index contributed by atoms with van der Waals surface area (Å²) in [6.07, 6.45) is 0.865. The zero-order valence-electron chi connectivity index (χ0n) is 11.9. The molecule has 1 aliphatic rings. The zero-order chi connectivity index (χ0) is 14.5. The molecule has 1 fully saturated rings. The highest BCUT2D eigenvalue weighted by molar-refractivity contribution is 7.91. The number of sulfone groups is 1. The van der Waals surface area contributed by atoms with E-state index in [1.54, 1.807) is 0 Å². The van der Waals surface area contributed by atoms with Gasteiger partial charge in [0.15, 0.2) is 0 Å². The highest BCUT2D eigenvalue weighted by atomic mass is 32.2. The Morgan fingerprint density at radius 2 is 1.79 bits per heavy atom. The van der Waals surface area contributed by atoms with Crippen LogP contribution in [0.15, 0.2) is 0 Å². The van der Waals surface area contributed by atoms with Gasteiger partial charge in [0, 0.05) is 19.1 Å². The van der Waals surface area contributed by atoms with E-state index in [0.717, 1.165) is 0 Å². The summed E-state index contributed by atoms with van der Waals surface area (Å²) >= 11 is 0. The topological polar surface area (TPSA) is 84.5 Å². The maximum atomic E-state index is 11.4. The quantitative estimate of drug-likeness (QED) is 0.744. The first kappa shape index (κ1) is 16.2. The average Bonchev–Trinajstić information content (AvgIpc) is 2.24. The van der Waals surface area contributed by atoms with Gasteiger partial charge in [-0.1, -0.05) is 0 Å². The van der Waals surface area contributed by atoms with E-state index in [1.165, 1.54) is 0 Å². The summed E-state index contributed by atoms with van der Waals surface area (Å²) in [5.41, 5.74) is -0.491. The molecule has 0 aromatic carbocycles. The lowest BCUT2D eigenvalue weighted by atomic mass is 10.1. The van der Waals surface area contributed by atoms with Crippen molar-refractivity contribution in [2.45, 2.75) is 45.3 Å². The fourth-order valence-electron chi connectivity index (χ4n) is 1.85. The van der Waals surface area contributed by atoms with Crippen molar-refractivity contribution >= 4 is 15.9 Å². The lowest BCUT2D eigenvalue weighted by Gasteiger charge is -2.23. The molecule has 0 aromatic rings. The fourth-order valence-corrected chi connectivity index (χ4v) is 3.34. The van der Waals surface area contributed by atoms with Crippen LogP contribution < -0.4 is 10.6 Å². The summed E-state index contributed by atoms with van der Waals surface area (Å²) in [5, 5.41) is 5.90. The number of carbonyl (C=O) groups excluding carboxylic acids is 1. The Morgan fingerprint density at radius 3 is 2.32 bits per heavy atom. The van der Waals surface area contributed by atoms with Gasteiger partial charge < -0.3 is 15.4 Å². The Kier molecular flexibility index (Phi) is 5.61. The molecule has 0 aliphatic carbocycles. The van der Waals surface area contributed by atoms with E-state index in [1.807, 2.05) is 20.8 Å². The summed E-state index contributed by atoms with van der Waals surface area (Å²) < 4.78 is 27.6. The van der Waals surface area contributed by atoms with E-state index >= 15 is 0 Å². The zero-order valence-corrected chi connectivity index (χ0v) is 12.7. The van der Waals surface area contributed by atoms with Gasteiger partial charge in [-0.2, -0.15) is 0 Å². The minimum absolute atomic E-state index is 0.226. The number of nitrogens with one attached hydrogen (secondary N) is 2. The van der Waals surface area contributed by atoms with E-state index < -0.39 is 21.5 Å². The van der Waals surface area contributed by atoms with Crippen LogP contribution in [0, 0.1) is 0 Å². The number of carbonyl (C=O) groups is 1. The second-order valence-corrected chi connectivity index (χ2v) is 8.11. The van der Waals surface area contributed by atoms with E-state index in [-0.39, 0.29) is 17.5 Å². The van der Waals surface area contributed by atoms with Crippen molar-refractivity contribution < 1.29 is 17.9 Å². The molecule has 6 nitrogen and oxygen atoms in total. The molecular weight excluding hydrogens is 268 g/mol. The summed E-state index contributed by atoms with van der Waals surface area (Å²) in [6, 6.07) is 0.226. The van der Waals surface area contributed by atoms with Crippen LogP contribution in [0.2, 0.25) is 0 Å². The Bertz CT molecular complexity index is 386. The van der Waals surface area contributed by atoms with Crippen molar-refractivity contribution in [3.05, 3.63) is 0 Å².